The lowest BCUT2D eigenvalue weighted by molar-refractivity contribution is -0.138. The summed E-state index contributed by atoms with van der Waals surface area (Å²) in [5.41, 5.74) is 3.32. The number of aliphatic imine (C=N–C) groups is 1. The molecule has 2 amide bonds. The summed E-state index contributed by atoms with van der Waals surface area (Å²) >= 11 is 0. The van der Waals surface area contributed by atoms with Gasteiger partial charge in [-0.1, -0.05) is 6.08 Å². The van der Waals surface area contributed by atoms with Crippen molar-refractivity contribution in [3.8, 4) is 5.75 Å². The Balaban J connectivity index is 1.77. The summed E-state index contributed by atoms with van der Waals surface area (Å²) in [6.45, 7) is 5.86. The fraction of sp³-hybridized carbons (Fsp3) is 0.500. The van der Waals surface area contributed by atoms with Crippen LogP contribution in [0, 0.1) is 11.8 Å². The van der Waals surface area contributed by atoms with Crippen molar-refractivity contribution in [2.75, 3.05) is 33.3 Å². The first-order valence-electron chi connectivity index (χ1n) is 10.1. The molecular formula is C22H29N3O4. The van der Waals surface area contributed by atoms with E-state index < -0.39 is 5.97 Å². The molecule has 1 aromatic carbocycles. The highest BCUT2D eigenvalue weighted by atomic mass is 16.5. The second-order valence-corrected chi connectivity index (χ2v) is 7.63. The third-order valence-corrected chi connectivity index (χ3v) is 5.78. The van der Waals surface area contributed by atoms with E-state index in [1.54, 1.807) is 18.1 Å². The van der Waals surface area contributed by atoms with E-state index in [-0.39, 0.29) is 24.3 Å². The number of amides is 2. The number of hydrogen-bond acceptors (Lipinski definition) is 4. The Morgan fingerprint density at radius 3 is 2.97 bits per heavy atom. The number of rotatable bonds is 7. The topological polar surface area (TPSA) is 91.2 Å². The summed E-state index contributed by atoms with van der Waals surface area (Å²) in [6.07, 6.45) is 3.99. The maximum atomic E-state index is 12.4. The molecule has 0 unspecified atom stereocenters. The average Bonchev–Trinajstić information content (AvgIpc) is 2.72. The second kappa shape index (κ2) is 9.58. The number of carboxylic acids is 1. The number of carbonyl (C=O) groups is 2. The number of carboxylic acid groups (broad SMARTS) is 1. The van der Waals surface area contributed by atoms with Crippen molar-refractivity contribution < 1.29 is 19.4 Å². The molecule has 3 rings (SSSR count). The van der Waals surface area contributed by atoms with Crippen LogP contribution in [0.1, 0.15) is 30.4 Å². The molecule has 2 aliphatic rings. The van der Waals surface area contributed by atoms with Crippen LogP contribution in [0.3, 0.4) is 0 Å². The number of nitrogens with zero attached hydrogens (tertiary/aromatic N) is 2. The van der Waals surface area contributed by atoms with Gasteiger partial charge in [-0.3, -0.25) is 9.79 Å². The molecule has 1 aromatic rings. The fourth-order valence-electron chi connectivity index (χ4n) is 4.27. The molecular weight excluding hydrogens is 370 g/mol. The fourth-order valence-corrected chi connectivity index (χ4v) is 4.27. The van der Waals surface area contributed by atoms with Gasteiger partial charge in [-0.05, 0) is 60.4 Å². The van der Waals surface area contributed by atoms with Crippen LogP contribution in [-0.2, 0) is 11.2 Å². The minimum absolute atomic E-state index is 0.0299. The summed E-state index contributed by atoms with van der Waals surface area (Å²) in [7, 11) is 1.66. The Kier molecular flexibility index (Phi) is 6.90. The first kappa shape index (κ1) is 20.9. The molecule has 0 aliphatic carbocycles. The average molecular weight is 399 g/mol. The quantitative estimate of drug-likeness (QED) is 0.690. The molecule has 0 bridgehead atoms. The van der Waals surface area contributed by atoms with Crippen molar-refractivity contribution in [2.24, 2.45) is 16.8 Å². The van der Waals surface area contributed by atoms with Gasteiger partial charge in [0.25, 0.3) is 0 Å². The number of hydrogen-bond donors (Lipinski definition) is 2. The van der Waals surface area contributed by atoms with E-state index in [0.29, 0.717) is 32.5 Å². The third-order valence-electron chi connectivity index (χ3n) is 5.78. The van der Waals surface area contributed by atoms with Crippen LogP contribution in [0.15, 0.2) is 35.8 Å². The number of nitrogens with one attached hydrogen (secondary N) is 1. The Morgan fingerprint density at radius 1 is 1.41 bits per heavy atom. The predicted molar refractivity (Wildman–Crippen MR) is 112 cm³/mol. The number of aliphatic carboxylic acids is 1. The maximum absolute atomic E-state index is 12.4. The molecule has 156 valence electrons. The second-order valence-electron chi connectivity index (χ2n) is 7.63. The van der Waals surface area contributed by atoms with Crippen LogP contribution in [0.4, 0.5) is 4.79 Å². The minimum atomic E-state index is -0.791. The molecule has 2 aliphatic heterocycles. The summed E-state index contributed by atoms with van der Waals surface area (Å²) in [4.78, 5) is 30.3. The molecule has 1 fully saturated rings. The summed E-state index contributed by atoms with van der Waals surface area (Å²) in [5.74, 6) is 0.125. The van der Waals surface area contributed by atoms with Gasteiger partial charge >= 0.3 is 12.0 Å². The van der Waals surface area contributed by atoms with Gasteiger partial charge in [0, 0.05) is 38.3 Å². The number of benzene rings is 1. The molecule has 0 radical (unpaired) electrons. The van der Waals surface area contributed by atoms with Crippen LogP contribution < -0.4 is 10.1 Å². The number of fused-ring (bicyclic) bond motifs is 1. The van der Waals surface area contributed by atoms with Crippen LogP contribution in [-0.4, -0.2) is 61.0 Å². The number of ether oxygens (including phenoxy) is 1. The monoisotopic (exact) mass is 399 g/mol. The number of piperidine rings is 1. The van der Waals surface area contributed by atoms with Gasteiger partial charge in [-0.15, -0.1) is 6.58 Å². The van der Waals surface area contributed by atoms with E-state index in [2.05, 4.69) is 18.0 Å². The van der Waals surface area contributed by atoms with Gasteiger partial charge in [-0.25, -0.2) is 4.79 Å². The highest BCUT2D eigenvalue weighted by molar-refractivity contribution is 6.03. The van der Waals surface area contributed by atoms with E-state index in [4.69, 9.17) is 9.73 Å². The van der Waals surface area contributed by atoms with Crippen LogP contribution in [0.25, 0.3) is 0 Å². The molecule has 7 heteroatoms. The number of likely N-dealkylation sites (tertiary alicyclic amines) is 1. The smallest absolute Gasteiger partial charge is 0.317 e. The van der Waals surface area contributed by atoms with Crippen molar-refractivity contribution in [1.82, 2.24) is 10.2 Å². The van der Waals surface area contributed by atoms with Gasteiger partial charge in [0.15, 0.2) is 0 Å². The first-order valence-corrected chi connectivity index (χ1v) is 10.1. The van der Waals surface area contributed by atoms with Gasteiger partial charge in [0.1, 0.15) is 5.75 Å². The molecule has 2 heterocycles. The predicted octanol–water partition coefficient (Wildman–Crippen LogP) is 2.74. The Morgan fingerprint density at radius 2 is 2.24 bits per heavy atom. The zero-order valence-electron chi connectivity index (χ0n) is 16.9. The molecule has 7 nitrogen and oxygen atoms in total. The normalized spacial score (nSPS) is 21.0. The molecule has 1 saturated heterocycles. The van der Waals surface area contributed by atoms with E-state index >= 15 is 0 Å². The third kappa shape index (κ3) is 5.16. The highest BCUT2D eigenvalue weighted by Crippen LogP contribution is 2.32. The van der Waals surface area contributed by atoms with Crippen molar-refractivity contribution in [2.45, 2.75) is 25.7 Å². The lowest BCUT2D eigenvalue weighted by Crippen LogP contribution is -2.49. The Hall–Kier alpha value is -2.83. The molecule has 2 atom stereocenters. The standard InChI is InChI=1S/C22H29N3O4/c1-3-8-24-22(28)25-10-7-15(13-21(26)27)17(14-25)12-20-19-5-4-18(29-2)11-16(19)6-9-23-20/h3-5,11,15,17H,1,6-10,12-14H2,2H3,(H,24,28)(H,26,27)/t15-,17-/m0/s1. The summed E-state index contributed by atoms with van der Waals surface area (Å²) in [5, 5.41) is 12.2. The van der Waals surface area contributed by atoms with Crippen molar-refractivity contribution in [3.63, 3.8) is 0 Å². The van der Waals surface area contributed by atoms with Gasteiger partial charge in [0.05, 0.1) is 7.11 Å². The largest absolute Gasteiger partial charge is 0.497 e. The molecule has 0 spiro atoms. The van der Waals surface area contributed by atoms with E-state index in [1.165, 1.54) is 5.56 Å². The highest BCUT2D eigenvalue weighted by Gasteiger charge is 2.34. The Bertz CT molecular complexity index is 805. The number of carbonyl (C=O) groups excluding carboxylic acids is 1. The number of urea groups is 1. The van der Waals surface area contributed by atoms with Crippen LogP contribution >= 0.6 is 0 Å². The van der Waals surface area contributed by atoms with E-state index in [0.717, 1.165) is 30.0 Å². The minimum Gasteiger partial charge on any atom is -0.497 e. The summed E-state index contributed by atoms with van der Waals surface area (Å²) < 4.78 is 5.34. The zero-order valence-corrected chi connectivity index (χ0v) is 16.9. The lowest BCUT2D eigenvalue weighted by Gasteiger charge is -2.38. The van der Waals surface area contributed by atoms with Gasteiger partial charge < -0.3 is 20.1 Å². The SMILES string of the molecule is C=CCNC(=O)N1CC[C@@H](CC(=O)O)[C@@H](CC2=NCCc3cc(OC)ccc32)C1. The van der Waals surface area contributed by atoms with Crippen molar-refractivity contribution in [3.05, 3.63) is 42.0 Å². The summed E-state index contributed by atoms with van der Waals surface area (Å²) in [6, 6.07) is 5.90. The molecule has 2 N–H and O–H groups in total. The maximum Gasteiger partial charge on any atom is 0.317 e. The van der Waals surface area contributed by atoms with E-state index in [1.807, 2.05) is 12.1 Å². The van der Waals surface area contributed by atoms with Crippen molar-refractivity contribution in [1.29, 1.82) is 0 Å². The van der Waals surface area contributed by atoms with Gasteiger partial charge in [0.2, 0.25) is 0 Å². The lowest BCUT2D eigenvalue weighted by atomic mass is 9.78. The van der Waals surface area contributed by atoms with Gasteiger partial charge in [-0.2, -0.15) is 0 Å². The van der Waals surface area contributed by atoms with E-state index in [9.17, 15) is 14.7 Å². The molecule has 0 aromatic heterocycles. The zero-order chi connectivity index (χ0) is 20.8. The van der Waals surface area contributed by atoms with Crippen LogP contribution in [0.5, 0.6) is 5.75 Å². The molecule has 0 saturated carbocycles. The Labute approximate surface area is 171 Å². The molecule has 29 heavy (non-hydrogen) atoms. The number of methoxy groups -OCH3 is 1. The van der Waals surface area contributed by atoms with Crippen molar-refractivity contribution >= 4 is 17.7 Å². The first-order chi connectivity index (χ1) is 14.0. The van der Waals surface area contributed by atoms with Crippen LogP contribution in [0.2, 0.25) is 0 Å².